The number of carbonyl (C=O) groups is 2. The van der Waals surface area contributed by atoms with E-state index < -0.39 is 17.6 Å². The van der Waals surface area contributed by atoms with Gasteiger partial charge in [0.15, 0.2) is 4.34 Å². The Morgan fingerprint density at radius 3 is 2.50 bits per heavy atom. The van der Waals surface area contributed by atoms with Crippen LogP contribution >= 0.6 is 34.7 Å². The molecule has 1 aromatic heterocycles. The summed E-state index contributed by atoms with van der Waals surface area (Å²) in [7, 11) is 0. The number of anilines is 2. The van der Waals surface area contributed by atoms with Crippen LogP contribution in [0.3, 0.4) is 0 Å². The molecule has 0 aliphatic heterocycles. The molecule has 0 bridgehead atoms. The summed E-state index contributed by atoms with van der Waals surface area (Å²) in [5, 5.41) is 5.44. The number of aromatic nitrogens is 1. The Bertz CT molecular complexity index is 1380. The van der Waals surface area contributed by atoms with Crippen molar-refractivity contribution in [3.05, 3.63) is 82.9 Å². The van der Waals surface area contributed by atoms with Gasteiger partial charge in [0, 0.05) is 5.69 Å². The zero-order chi connectivity index (χ0) is 24.3. The first kappa shape index (κ1) is 24.1. The van der Waals surface area contributed by atoms with E-state index in [9.17, 15) is 22.8 Å². The van der Waals surface area contributed by atoms with E-state index in [-0.39, 0.29) is 17.3 Å². The molecule has 0 radical (unpaired) electrons. The van der Waals surface area contributed by atoms with Crippen molar-refractivity contribution in [2.45, 2.75) is 10.5 Å². The van der Waals surface area contributed by atoms with Crippen LogP contribution in [0, 0.1) is 0 Å². The van der Waals surface area contributed by atoms with Crippen LogP contribution in [-0.2, 0) is 11.0 Å². The maximum atomic E-state index is 13.1. The SMILES string of the molecule is O=C(CSc1nc2ccc(NC(=O)c3ccccc3Cl)cc2s1)Nc1ccccc1C(F)(F)F. The number of nitrogens with one attached hydrogen (secondary N) is 2. The van der Waals surface area contributed by atoms with Gasteiger partial charge in [-0.3, -0.25) is 9.59 Å². The summed E-state index contributed by atoms with van der Waals surface area (Å²) in [6.07, 6.45) is -4.57. The lowest BCUT2D eigenvalue weighted by Gasteiger charge is -2.13. The Kier molecular flexibility index (Phi) is 7.11. The minimum Gasteiger partial charge on any atom is -0.325 e. The Balaban J connectivity index is 1.41. The summed E-state index contributed by atoms with van der Waals surface area (Å²) in [6.45, 7) is 0. The number of carbonyl (C=O) groups excluding carboxylic acids is 2. The number of para-hydroxylation sites is 1. The first-order valence-corrected chi connectivity index (χ1v) is 11.9. The van der Waals surface area contributed by atoms with Crippen molar-refractivity contribution in [3.63, 3.8) is 0 Å². The molecule has 2 amide bonds. The number of fused-ring (bicyclic) bond motifs is 1. The third-order valence-corrected chi connectivity index (χ3v) is 7.07. The number of thioether (sulfide) groups is 1. The molecule has 1 heterocycles. The first-order chi connectivity index (χ1) is 16.2. The molecule has 0 aliphatic rings. The molecule has 4 aromatic rings. The number of halogens is 4. The van der Waals surface area contributed by atoms with Gasteiger partial charge < -0.3 is 10.6 Å². The summed E-state index contributed by atoms with van der Waals surface area (Å²) in [6, 6.07) is 16.7. The molecule has 2 N–H and O–H groups in total. The second kappa shape index (κ2) is 10.0. The summed E-state index contributed by atoms with van der Waals surface area (Å²) in [4.78, 5) is 29.1. The zero-order valence-corrected chi connectivity index (χ0v) is 19.5. The van der Waals surface area contributed by atoms with Crippen molar-refractivity contribution < 1.29 is 22.8 Å². The van der Waals surface area contributed by atoms with E-state index in [0.717, 1.165) is 22.5 Å². The van der Waals surface area contributed by atoms with Gasteiger partial charge in [-0.05, 0) is 42.5 Å². The fourth-order valence-electron chi connectivity index (χ4n) is 3.04. The maximum Gasteiger partial charge on any atom is 0.418 e. The Hall–Kier alpha value is -3.08. The summed E-state index contributed by atoms with van der Waals surface area (Å²) >= 11 is 8.49. The Morgan fingerprint density at radius 2 is 1.74 bits per heavy atom. The van der Waals surface area contributed by atoms with Gasteiger partial charge in [0.25, 0.3) is 5.91 Å². The number of hydrogen-bond acceptors (Lipinski definition) is 5. The fraction of sp³-hybridized carbons (Fsp3) is 0.0870. The number of nitrogens with zero attached hydrogens (tertiary/aromatic N) is 1. The van der Waals surface area contributed by atoms with E-state index in [4.69, 9.17) is 11.6 Å². The lowest BCUT2D eigenvalue weighted by molar-refractivity contribution is -0.137. The van der Waals surface area contributed by atoms with E-state index in [1.54, 1.807) is 42.5 Å². The summed E-state index contributed by atoms with van der Waals surface area (Å²) < 4.78 is 40.6. The smallest absolute Gasteiger partial charge is 0.325 e. The summed E-state index contributed by atoms with van der Waals surface area (Å²) in [5.41, 5.74) is 0.386. The molecule has 0 fully saturated rings. The molecule has 0 saturated carbocycles. The minimum absolute atomic E-state index is 0.109. The number of hydrogen-bond donors (Lipinski definition) is 2. The van der Waals surface area contributed by atoms with E-state index in [1.165, 1.54) is 29.5 Å². The normalized spacial score (nSPS) is 11.4. The second-order valence-electron chi connectivity index (χ2n) is 6.98. The van der Waals surface area contributed by atoms with Crippen LogP contribution in [0.2, 0.25) is 5.02 Å². The standard InChI is InChI=1S/C23H15ClF3N3O2S2/c24-16-7-3-1-5-14(16)21(32)28-13-9-10-18-19(11-13)34-22(30-18)33-12-20(31)29-17-8-4-2-6-15(17)23(25,26)27/h1-11H,12H2,(H,28,32)(H,29,31). The third kappa shape index (κ3) is 5.69. The Morgan fingerprint density at radius 1 is 1.00 bits per heavy atom. The largest absolute Gasteiger partial charge is 0.418 e. The maximum absolute atomic E-state index is 13.1. The predicted octanol–water partition coefficient (Wildman–Crippen LogP) is 6.95. The predicted molar refractivity (Wildman–Crippen MR) is 130 cm³/mol. The Labute approximate surface area is 205 Å². The van der Waals surface area contributed by atoms with Crippen molar-refractivity contribution in [1.29, 1.82) is 0 Å². The van der Waals surface area contributed by atoms with Gasteiger partial charge in [0.1, 0.15) is 0 Å². The molecular weight excluding hydrogens is 507 g/mol. The van der Waals surface area contributed by atoms with Gasteiger partial charge in [-0.15, -0.1) is 11.3 Å². The van der Waals surface area contributed by atoms with E-state index in [2.05, 4.69) is 15.6 Å². The average Bonchev–Trinajstić information content (AvgIpc) is 3.20. The lowest BCUT2D eigenvalue weighted by atomic mass is 10.1. The van der Waals surface area contributed by atoms with Crippen LogP contribution in [0.25, 0.3) is 10.2 Å². The van der Waals surface area contributed by atoms with Crippen molar-refractivity contribution in [3.8, 4) is 0 Å². The van der Waals surface area contributed by atoms with Crippen LogP contribution in [0.15, 0.2) is 71.1 Å². The molecule has 0 aliphatic carbocycles. The van der Waals surface area contributed by atoms with Gasteiger partial charge in [-0.25, -0.2) is 4.98 Å². The summed E-state index contributed by atoms with van der Waals surface area (Å²) in [5.74, 6) is -1.03. The zero-order valence-electron chi connectivity index (χ0n) is 17.2. The van der Waals surface area contributed by atoms with E-state index >= 15 is 0 Å². The van der Waals surface area contributed by atoms with Gasteiger partial charge in [0.05, 0.1) is 37.8 Å². The molecule has 11 heteroatoms. The van der Waals surface area contributed by atoms with Gasteiger partial charge in [-0.1, -0.05) is 47.6 Å². The van der Waals surface area contributed by atoms with Crippen molar-refractivity contribution in [2.24, 2.45) is 0 Å². The van der Waals surface area contributed by atoms with Crippen molar-refractivity contribution in [1.82, 2.24) is 4.98 Å². The topological polar surface area (TPSA) is 71.1 Å². The molecule has 0 saturated heterocycles. The fourth-order valence-corrected chi connectivity index (χ4v) is 5.17. The van der Waals surface area contributed by atoms with Gasteiger partial charge >= 0.3 is 6.18 Å². The minimum atomic E-state index is -4.57. The number of rotatable bonds is 6. The number of benzene rings is 3. The highest BCUT2D eigenvalue weighted by Gasteiger charge is 2.33. The van der Waals surface area contributed by atoms with Crippen LogP contribution in [0.5, 0.6) is 0 Å². The quantitative estimate of drug-likeness (QED) is 0.269. The van der Waals surface area contributed by atoms with Crippen LogP contribution < -0.4 is 10.6 Å². The average molecular weight is 522 g/mol. The molecule has 3 aromatic carbocycles. The highest BCUT2D eigenvalue weighted by Crippen LogP contribution is 2.35. The number of amides is 2. The van der Waals surface area contributed by atoms with Gasteiger partial charge in [0.2, 0.25) is 5.91 Å². The van der Waals surface area contributed by atoms with Crippen LogP contribution in [-0.4, -0.2) is 22.6 Å². The molecule has 0 unspecified atom stereocenters. The highest BCUT2D eigenvalue weighted by atomic mass is 35.5. The molecule has 4 rings (SSSR count). The second-order valence-corrected chi connectivity index (χ2v) is 9.64. The molecule has 34 heavy (non-hydrogen) atoms. The van der Waals surface area contributed by atoms with E-state index in [0.29, 0.717) is 26.1 Å². The molecule has 5 nitrogen and oxygen atoms in total. The first-order valence-electron chi connectivity index (χ1n) is 9.76. The number of thiazole rings is 1. The monoisotopic (exact) mass is 521 g/mol. The number of alkyl halides is 3. The van der Waals surface area contributed by atoms with Crippen molar-refractivity contribution in [2.75, 3.05) is 16.4 Å². The molecule has 0 atom stereocenters. The van der Waals surface area contributed by atoms with Crippen LogP contribution in [0.1, 0.15) is 15.9 Å². The lowest BCUT2D eigenvalue weighted by Crippen LogP contribution is -2.18. The molecule has 174 valence electrons. The van der Waals surface area contributed by atoms with Crippen molar-refractivity contribution >= 4 is 68.1 Å². The van der Waals surface area contributed by atoms with E-state index in [1.807, 2.05) is 0 Å². The highest BCUT2D eigenvalue weighted by molar-refractivity contribution is 8.01. The third-order valence-electron chi connectivity index (χ3n) is 4.58. The molecular formula is C23H15ClF3N3O2S2. The molecule has 0 spiro atoms. The van der Waals surface area contributed by atoms with Crippen LogP contribution in [0.4, 0.5) is 24.5 Å². The van der Waals surface area contributed by atoms with Gasteiger partial charge in [-0.2, -0.15) is 13.2 Å².